The Morgan fingerprint density at radius 3 is 2.65 bits per heavy atom. The number of amides is 1. The van der Waals surface area contributed by atoms with Gasteiger partial charge in [0.15, 0.2) is 0 Å². The van der Waals surface area contributed by atoms with Gasteiger partial charge in [0.1, 0.15) is 6.54 Å². The molecule has 0 unspecified atom stereocenters. The van der Waals surface area contributed by atoms with E-state index in [1.807, 2.05) is 0 Å². The molecule has 2 N–H and O–H groups in total. The number of rotatable bonds is 5. The van der Waals surface area contributed by atoms with E-state index in [0.717, 1.165) is 5.56 Å². The highest BCUT2D eigenvalue weighted by Crippen LogP contribution is 2.13. The summed E-state index contributed by atoms with van der Waals surface area (Å²) in [4.78, 5) is 22.9. The van der Waals surface area contributed by atoms with Crippen molar-refractivity contribution in [3.05, 3.63) is 29.8 Å². The van der Waals surface area contributed by atoms with Crippen LogP contribution in [-0.4, -0.2) is 45.7 Å². The van der Waals surface area contributed by atoms with Crippen LogP contribution in [0.1, 0.15) is 17.3 Å². The number of benzene rings is 1. The van der Waals surface area contributed by atoms with Crippen LogP contribution in [0.5, 0.6) is 0 Å². The maximum Gasteiger partial charge on any atom is 0.325 e. The van der Waals surface area contributed by atoms with E-state index in [0.29, 0.717) is 11.4 Å². The number of carbonyl (C=O) groups excluding carboxylic acids is 2. The van der Waals surface area contributed by atoms with Crippen molar-refractivity contribution in [1.29, 1.82) is 0 Å². The SMILES string of the molecule is CCOC(=O)CNC(=O)c1ccc(-c2nn[nH]n2)cc1. The summed E-state index contributed by atoms with van der Waals surface area (Å²) in [5.74, 6) is -0.370. The molecular weight excluding hydrogens is 262 g/mol. The Hall–Kier alpha value is -2.77. The van der Waals surface area contributed by atoms with E-state index in [1.54, 1.807) is 31.2 Å². The summed E-state index contributed by atoms with van der Waals surface area (Å²) < 4.78 is 4.72. The van der Waals surface area contributed by atoms with Crippen LogP contribution in [0.2, 0.25) is 0 Å². The molecule has 1 amide bonds. The second-order valence-corrected chi connectivity index (χ2v) is 3.80. The van der Waals surface area contributed by atoms with E-state index in [9.17, 15) is 9.59 Å². The van der Waals surface area contributed by atoms with Crippen LogP contribution in [0.25, 0.3) is 11.4 Å². The summed E-state index contributed by atoms with van der Waals surface area (Å²) in [6.07, 6.45) is 0. The quantitative estimate of drug-likeness (QED) is 0.752. The largest absolute Gasteiger partial charge is 0.465 e. The Morgan fingerprint density at radius 1 is 1.30 bits per heavy atom. The zero-order chi connectivity index (χ0) is 14.4. The molecule has 0 saturated carbocycles. The predicted molar refractivity (Wildman–Crippen MR) is 68.6 cm³/mol. The lowest BCUT2D eigenvalue weighted by molar-refractivity contribution is -0.141. The number of H-pyrrole nitrogens is 1. The number of tetrazole rings is 1. The molecule has 1 aromatic carbocycles. The maximum atomic E-state index is 11.8. The third-order valence-electron chi connectivity index (χ3n) is 2.45. The van der Waals surface area contributed by atoms with Gasteiger partial charge in [0.25, 0.3) is 5.91 Å². The van der Waals surface area contributed by atoms with Gasteiger partial charge in [0.2, 0.25) is 5.82 Å². The van der Waals surface area contributed by atoms with Crippen molar-refractivity contribution in [1.82, 2.24) is 25.9 Å². The van der Waals surface area contributed by atoms with Crippen molar-refractivity contribution in [2.24, 2.45) is 0 Å². The first-order valence-corrected chi connectivity index (χ1v) is 5.98. The van der Waals surface area contributed by atoms with Crippen molar-refractivity contribution in [2.45, 2.75) is 6.92 Å². The van der Waals surface area contributed by atoms with Crippen LogP contribution >= 0.6 is 0 Å². The Balaban J connectivity index is 1.96. The third kappa shape index (κ3) is 3.37. The molecule has 0 spiro atoms. The van der Waals surface area contributed by atoms with E-state index in [2.05, 4.69) is 25.9 Å². The summed E-state index contributed by atoms with van der Waals surface area (Å²) in [6, 6.07) is 6.63. The molecule has 1 heterocycles. The normalized spacial score (nSPS) is 10.1. The van der Waals surface area contributed by atoms with E-state index < -0.39 is 5.97 Å². The van der Waals surface area contributed by atoms with Gasteiger partial charge < -0.3 is 10.1 Å². The number of nitrogens with one attached hydrogen (secondary N) is 2. The van der Waals surface area contributed by atoms with Crippen molar-refractivity contribution in [2.75, 3.05) is 13.2 Å². The van der Waals surface area contributed by atoms with Gasteiger partial charge in [-0.1, -0.05) is 12.1 Å². The van der Waals surface area contributed by atoms with E-state index in [1.165, 1.54) is 0 Å². The molecule has 0 aliphatic carbocycles. The van der Waals surface area contributed by atoms with Crippen molar-refractivity contribution in [3.63, 3.8) is 0 Å². The summed E-state index contributed by atoms with van der Waals surface area (Å²) in [6.45, 7) is 1.84. The zero-order valence-corrected chi connectivity index (χ0v) is 10.8. The van der Waals surface area contributed by atoms with E-state index in [-0.39, 0.29) is 19.1 Å². The van der Waals surface area contributed by atoms with Crippen molar-refractivity contribution >= 4 is 11.9 Å². The zero-order valence-electron chi connectivity index (χ0n) is 10.8. The van der Waals surface area contributed by atoms with Gasteiger partial charge >= 0.3 is 5.97 Å². The van der Waals surface area contributed by atoms with Crippen LogP contribution in [-0.2, 0) is 9.53 Å². The van der Waals surface area contributed by atoms with Gasteiger partial charge in [-0.2, -0.15) is 5.21 Å². The molecule has 0 radical (unpaired) electrons. The lowest BCUT2D eigenvalue weighted by Crippen LogP contribution is -2.30. The van der Waals surface area contributed by atoms with Crippen LogP contribution in [0.4, 0.5) is 0 Å². The molecule has 0 aliphatic heterocycles. The fourth-order valence-electron chi connectivity index (χ4n) is 1.52. The van der Waals surface area contributed by atoms with E-state index >= 15 is 0 Å². The summed E-state index contributed by atoms with van der Waals surface area (Å²) in [5, 5.41) is 15.9. The Kier molecular flexibility index (Phi) is 4.38. The number of ether oxygens (including phenoxy) is 1. The molecule has 20 heavy (non-hydrogen) atoms. The Morgan fingerprint density at radius 2 is 2.05 bits per heavy atom. The lowest BCUT2D eigenvalue weighted by atomic mass is 10.1. The first-order valence-electron chi connectivity index (χ1n) is 5.98. The molecule has 0 atom stereocenters. The fraction of sp³-hybridized carbons (Fsp3) is 0.250. The van der Waals surface area contributed by atoms with Crippen LogP contribution in [0, 0.1) is 0 Å². The van der Waals surface area contributed by atoms with Gasteiger partial charge in [-0.05, 0) is 24.3 Å². The number of aromatic nitrogens is 4. The minimum atomic E-state index is -0.468. The fourth-order valence-corrected chi connectivity index (χ4v) is 1.52. The van der Waals surface area contributed by atoms with Gasteiger partial charge in [0.05, 0.1) is 6.61 Å². The number of nitrogens with zero attached hydrogens (tertiary/aromatic N) is 3. The number of aromatic amines is 1. The number of carbonyl (C=O) groups is 2. The van der Waals surface area contributed by atoms with Crippen LogP contribution in [0.15, 0.2) is 24.3 Å². The first-order chi connectivity index (χ1) is 9.70. The molecule has 2 aromatic rings. The van der Waals surface area contributed by atoms with Gasteiger partial charge in [0, 0.05) is 11.1 Å². The molecule has 2 rings (SSSR count). The van der Waals surface area contributed by atoms with Gasteiger partial charge in [-0.25, -0.2) is 0 Å². The lowest BCUT2D eigenvalue weighted by Gasteiger charge is -2.05. The average molecular weight is 275 g/mol. The first kappa shape index (κ1) is 13.7. The number of esters is 1. The molecular formula is C12H13N5O3. The highest BCUT2D eigenvalue weighted by atomic mass is 16.5. The molecule has 8 nitrogen and oxygen atoms in total. The molecule has 104 valence electrons. The molecule has 0 fully saturated rings. The standard InChI is InChI=1S/C12H13N5O3/c1-2-20-10(18)7-13-12(19)9-5-3-8(4-6-9)11-14-16-17-15-11/h3-6H,2,7H2,1H3,(H,13,19)(H,14,15,16,17). The molecule has 0 bridgehead atoms. The van der Waals surface area contributed by atoms with Gasteiger partial charge in [-0.15, -0.1) is 10.2 Å². The molecule has 1 aromatic heterocycles. The predicted octanol–water partition coefficient (Wildman–Crippen LogP) is 0.160. The second-order valence-electron chi connectivity index (χ2n) is 3.80. The monoisotopic (exact) mass is 275 g/mol. The minimum absolute atomic E-state index is 0.154. The van der Waals surface area contributed by atoms with Crippen LogP contribution in [0.3, 0.4) is 0 Å². The number of hydrogen-bond donors (Lipinski definition) is 2. The Bertz CT molecular complexity index is 580. The molecule has 0 saturated heterocycles. The highest BCUT2D eigenvalue weighted by Gasteiger charge is 2.09. The smallest absolute Gasteiger partial charge is 0.325 e. The topological polar surface area (TPSA) is 110 Å². The molecule has 0 aliphatic rings. The Labute approximate surface area is 114 Å². The second kappa shape index (κ2) is 6.41. The number of hydrogen-bond acceptors (Lipinski definition) is 6. The molecule has 8 heteroatoms. The minimum Gasteiger partial charge on any atom is -0.465 e. The van der Waals surface area contributed by atoms with Gasteiger partial charge in [-0.3, -0.25) is 9.59 Å². The summed E-state index contributed by atoms with van der Waals surface area (Å²) >= 11 is 0. The summed E-state index contributed by atoms with van der Waals surface area (Å²) in [7, 11) is 0. The maximum absolute atomic E-state index is 11.8. The van der Waals surface area contributed by atoms with E-state index in [4.69, 9.17) is 4.74 Å². The van der Waals surface area contributed by atoms with Crippen LogP contribution < -0.4 is 5.32 Å². The van der Waals surface area contributed by atoms with Crippen molar-refractivity contribution < 1.29 is 14.3 Å². The summed E-state index contributed by atoms with van der Waals surface area (Å²) in [5.41, 5.74) is 1.17. The highest BCUT2D eigenvalue weighted by molar-refractivity contribution is 5.96. The average Bonchev–Trinajstić information content (AvgIpc) is 2.99. The third-order valence-corrected chi connectivity index (χ3v) is 2.45. The van der Waals surface area contributed by atoms with Crippen molar-refractivity contribution in [3.8, 4) is 11.4 Å².